The van der Waals surface area contributed by atoms with Gasteiger partial charge in [-0.15, -0.1) is 0 Å². The first-order valence-electron chi connectivity index (χ1n) is 4.25. The van der Waals surface area contributed by atoms with Crippen molar-refractivity contribution in [2.24, 2.45) is 0 Å². The minimum atomic E-state index is -1.10. The lowest BCUT2D eigenvalue weighted by molar-refractivity contribution is 0.0695. The second kappa shape index (κ2) is 4.93. The van der Waals surface area contributed by atoms with Gasteiger partial charge in [-0.2, -0.15) is 0 Å². The fraction of sp³-hybridized carbons (Fsp3) is 0.300. The highest BCUT2D eigenvalue weighted by Gasteiger charge is 2.15. The van der Waals surface area contributed by atoms with Crippen LogP contribution in [0, 0.1) is 0 Å². The number of hydrogen-bond acceptors (Lipinski definition) is 3. The first-order valence-corrected chi connectivity index (χ1v) is 5.98. The van der Waals surface area contributed by atoms with Crippen LogP contribution in [-0.2, 0) is 16.6 Å². The van der Waals surface area contributed by atoms with Gasteiger partial charge in [0, 0.05) is 22.6 Å². The summed E-state index contributed by atoms with van der Waals surface area (Å²) in [5, 5.41) is 8.94. The SMILES string of the molecule is COc1cccc(C(=O)O)c1CS(C)=O. The normalized spacial score (nSPS) is 12.1. The van der Waals surface area contributed by atoms with Crippen LogP contribution in [0.15, 0.2) is 18.2 Å². The summed E-state index contributed by atoms with van der Waals surface area (Å²) >= 11 is 0. The van der Waals surface area contributed by atoms with Crippen LogP contribution < -0.4 is 4.74 Å². The average Bonchev–Trinajstić information content (AvgIpc) is 2.16. The summed E-state index contributed by atoms with van der Waals surface area (Å²) < 4.78 is 16.2. The highest BCUT2D eigenvalue weighted by Crippen LogP contribution is 2.23. The van der Waals surface area contributed by atoms with Crippen LogP contribution in [0.5, 0.6) is 5.75 Å². The third-order valence-corrected chi connectivity index (χ3v) is 2.63. The minimum absolute atomic E-state index is 0.143. The van der Waals surface area contributed by atoms with E-state index < -0.39 is 16.8 Å². The molecule has 15 heavy (non-hydrogen) atoms. The Morgan fingerprint density at radius 1 is 1.53 bits per heavy atom. The van der Waals surface area contributed by atoms with E-state index in [4.69, 9.17) is 9.84 Å². The number of benzene rings is 1. The van der Waals surface area contributed by atoms with Crippen LogP contribution in [0.1, 0.15) is 15.9 Å². The summed E-state index contributed by atoms with van der Waals surface area (Å²) in [5.74, 6) is -0.384. The van der Waals surface area contributed by atoms with Crippen molar-refractivity contribution in [2.45, 2.75) is 5.75 Å². The average molecular weight is 228 g/mol. The van der Waals surface area contributed by atoms with Crippen LogP contribution in [-0.4, -0.2) is 28.7 Å². The molecule has 0 aliphatic carbocycles. The number of hydrogen-bond donors (Lipinski definition) is 1. The number of aromatic carboxylic acids is 1. The number of rotatable bonds is 4. The second-order valence-corrected chi connectivity index (χ2v) is 4.44. The monoisotopic (exact) mass is 228 g/mol. The Labute approximate surface area is 90.3 Å². The van der Waals surface area contributed by atoms with E-state index in [9.17, 15) is 9.00 Å². The van der Waals surface area contributed by atoms with Gasteiger partial charge in [0.1, 0.15) is 5.75 Å². The van der Waals surface area contributed by atoms with Crippen molar-refractivity contribution < 1.29 is 18.8 Å². The summed E-state index contributed by atoms with van der Waals surface area (Å²) in [6, 6.07) is 4.74. The Morgan fingerprint density at radius 3 is 2.67 bits per heavy atom. The number of carboxylic acid groups (broad SMARTS) is 1. The first-order chi connectivity index (χ1) is 7.06. The van der Waals surface area contributed by atoms with E-state index >= 15 is 0 Å². The van der Waals surface area contributed by atoms with Gasteiger partial charge >= 0.3 is 5.97 Å². The van der Waals surface area contributed by atoms with Crippen molar-refractivity contribution in [3.63, 3.8) is 0 Å². The largest absolute Gasteiger partial charge is 0.496 e. The van der Waals surface area contributed by atoms with Crippen molar-refractivity contribution in [3.8, 4) is 5.75 Å². The molecule has 5 heteroatoms. The molecule has 1 unspecified atom stereocenters. The summed E-state index contributed by atoms with van der Waals surface area (Å²) in [4.78, 5) is 10.9. The Kier molecular flexibility index (Phi) is 3.85. The van der Waals surface area contributed by atoms with E-state index in [2.05, 4.69) is 0 Å². The molecule has 0 aliphatic rings. The number of methoxy groups -OCH3 is 1. The lowest BCUT2D eigenvalue weighted by Crippen LogP contribution is -2.06. The molecular formula is C10H12O4S. The molecule has 82 valence electrons. The van der Waals surface area contributed by atoms with E-state index in [1.54, 1.807) is 12.1 Å². The van der Waals surface area contributed by atoms with Gasteiger partial charge in [0.2, 0.25) is 0 Å². The summed E-state index contributed by atoms with van der Waals surface area (Å²) in [6.45, 7) is 0. The molecule has 0 saturated heterocycles. The summed E-state index contributed by atoms with van der Waals surface area (Å²) in [7, 11) is 0.363. The van der Waals surface area contributed by atoms with Gasteiger partial charge in [-0.05, 0) is 12.1 Å². The fourth-order valence-electron chi connectivity index (χ4n) is 1.31. The van der Waals surface area contributed by atoms with Crippen molar-refractivity contribution in [1.29, 1.82) is 0 Å². The van der Waals surface area contributed by atoms with E-state index in [0.717, 1.165) is 0 Å². The maximum absolute atomic E-state index is 11.1. The molecule has 4 nitrogen and oxygen atoms in total. The standard InChI is InChI=1S/C10H12O4S/c1-14-9-5-3-4-7(10(11)12)8(9)6-15(2)13/h3-5H,6H2,1-2H3,(H,11,12). The molecule has 1 atom stereocenters. The van der Waals surface area contributed by atoms with E-state index in [-0.39, 0.29) is 11.3 Å². The Hall–Kier alpha value is -1.36. The zero-order valence-corrected chi connectivity index (χ0v) is 9.34. The molecule has 1 aromatic rings. The number of carbonyl (C=O) groups is 1. The third kappa shape index (κ3) is 2.79. The predicted molar refractivity (Wildman–Crippen MR) is 57.7 cm³/mol. The van der Waals surface area contributed by atoms with Crippen molar-refractivity contribution in [3.05, 3.63) is 29.3 Å². The zero-order chi connectivity index (χ0) is 11.4. The lowest BCUT2D eigenvalue weighted by Gasteiger charge is -2.09. The van der Waals surface area contributed by atoms with Crippen LogP contribution in [0.4, 0.5) is 0 Å². The molecule has 0 spiro atoms. The van der Waals surface area contributed by atoms with Gasteiger partial charge in [0.15, 0.2) is 0 Å². The molecule has 1 N–H and O–H groups in total. The smallest absolute Gasteiger partial charge is 0.336 e. The Balaban J connectivity index is 3.26. The van der Waals surface area contributed by atoms with Crippen LogP contribution in [0.2, 0.25) is 0 Å². The van der Waals surface area contributed by atoms with E-state index in [1.165, 1.54) is 19.4 Å². The molecule has 0 fully saturated rings. The molecule has 0 saturated carbocycles. The molecular weight excluding hydrogens is 216 g/mol. The van der Waals surface area contributed by atoms with Crippen molar-refractivity contribution in [1.82, 2.24) is 0 Å². The highest BCUT2D eigenvalue weighted by molar-refractivity contribution is 7.83. The minimum Gasteiger partial charge on any atom is -0.496 e. The second-order valence-electron chi connectivity index (χ2n) is 3.01. The maximum atomic E-state index is 11.1. The fourth-order valence-corrected chi connectivity index (χ4v) is 2.01. The van der Waals surface area contributed by atoms with Gasteiger partial charge in [0.25, 0.3) is 0 Å². The molecule has 0 bridgehead atoms. The first kappa shape index (κ1) is 11.7. The van der Waals surface area contributed by atoms with Crippen LogP contribution >= 0.6 is 0 Å². The van der Waals surface area contributed by atoms with Crippen LogP contribution in [0.25, 0.3) is 0 Å². The Morgan fingerprint density at radius 2 is 2.20 bits per heavy atom. The predicted octanol–water partition coefficient (Wildman–Crippen LogP) is 1.27. The highest BCUT2D eigenvalue weighted by atomic mass is 32.2. The number of ether oxygens (including phenoxy) is 1. The quantitative estimate of drug-likeness (QED) is 0.843. The van der Waals surface area contributed by atoms with Gasteiger partial charge < -0.3 is 9.84 Å². The van der Waals surface area contributed by atoms with Gasteiger partial charge in [0.05, 0.1) is 18.4 Å². The zero-order valence-electron chi connectivity index (χ0n) is 8.52. The molecule has 0 radical (unpaired) electrons. The topological polar surface area (TPSA) is 63.6 Å². The van der Waals surface area contributed by atoms with Gasteiger partial charge in [-0.25, -0.2) is 4.79 Å². The van der Waals surface area contributed by atoms with Gasteiger partial charge in [-0.3, -0.25) is 4.21 Å². The van der Waals surface area contributed by atoms with Crippen molar-refractivity contribution in [2.75, 3.05) is 13.4 Å². The molecule has 0 heterocycles. The molecule has 1 aromatic carbocycles. The van der Waals surface area contributed by atoms with E-state index in [0.29, 0.717) is 11.3 Å². The molecule has 0 aromatic heterocycles. The molecule has 0 amide bonds. The van der Waals surface area contributed by atoms with E-state index in [1.807, 2.05) is 0 Å². The van der Waals surface area contributed by atoms with Crippen LogP contribution in [0.3, 0.4) is 0 Å². The summed E-state index contributed by atoms with van der Waals surface area (Å²) in [5.41, 5.74) is 0.623. The summed E-state index contributed by atoms with van der Waals surface area (Å²) in [6.07, 6.45) is 1.53. The maximum Gasteiger partial charge on any atom is 0.336 e. The molecule has 0 aliphatic heterocycles. The lowest BCUT2D eigenvalue weighted by atomic mass is 10.1. The Bertz CT molecular complexity index is 400. The molecule has 1 rings (SSSR count). The van der Waals surface area contributed by atoms with Gasteiger partial charge in [-0.1, -0.05) is 6.07 Å². The number of carboxylic acids is 1. The van der Waals surface area contributed by atoms with Crippen molar-refractivity contribution >= 4 is 16.8 Å². The third-order valence-electron chi connectivity index (χ3n) is 1.93.